The minimum Gasteiger partial charge on any atom is -0.419 e. The molecule has 18 heavy (non-hydrogen) atoms. The van der Waals surface area contributed by atoms with Gasteiger partial charge in [0.25, 0.3) is 0 Å². The lowest BCUT2D eigenvalue weighted by Crippen LogP contribution is -2.09. The number of ether oxygens (including phenoxy) is 1. The lowest BCUT2D eigenvalue weighted by Gasteiger charge is -2.15. The van der Waals surface area contributed by atoms with E-state index in [1.807, 2.05) is 0 Å². The molecule has 0 unspecified atom stereocenters. The lowest BCUT2D eigenvalue weighted by atomic mass is 10.8. The highest BCUT2D eigenvalue weighted by molar-refractivity contribution is 7.48. The molecule has 0 aromatic rings. The van der Waals surface area contributed by atoms with Crippen LogP contribution in [0, 0.1) is 0 Å². The van der Waals surface area contributed by atoms with Gasteiger partial charge in [-0.25, -0.2) is 9.36 Å². The largest absolute Gasteiger partial charge is 0.474 e. The summed E-state index contributed by atoms with van der Waals surface area (Å²) in [6.45, 7) is 7.58. The summed E-state index contributed by atoms with van der Waals surface area (Å²) in [5.74, 6) is 0. The second-order valence-corrected chi connectivity index (χ2v) is 4.18. The van der Waals surface area contributed by atoms with E-state index in [1.165, 1.54) is 0 Å². The fraction of sp³-hybridized carbons (Fsp3) is 0.667. The molecule has 0 rings (SSSR count). The number of rotatable bonds is 8. The van der Waals surface area contributed by atoms with E-state index in [2.05, 4.69) is 17.0 Å². The molecular formula is C9H21N2O6P. The Kier molecular flexibility index (Phi) is 13.5. The van der Waals surface area contributed by atoms with Crippen LogP contribution in [0.25, 0.3) is 0 Å². The summed E-state index contributed by atoms with van der Waals surface area (Å²) in [5, 5.41) is 0. The van der Waals surface area contributed by atoms with Gasteiger partial charge in [-0.3, -0.25) is 13.6 Å². The van der Waals surface area contributed by atoms with Crippen LogP contribution in [0.3, 0.4) is 0 Å². The second kappa shape index (κ2) is 12.5. The van der Waals surface area contributed by atoms with E-state index >= 15 is 0 Å². The molecule has 9 heteroatoms. The van der Waals surface area contributed by atoms with Gasteiger partial charge in [0, 0.05) is 6.54 Å². The summed E-state index contributed by atoms with van der Waals surface area (Å²) in [6, 6.07) is 0. The maximum atomic E-state index is 11.4. The molecule has 0 heterocycles. The zero-order valence-corrected chi connectivity index (χ0v) is 11.6. The third kappa shape index (κ3) is 13.1. The third-order valence-corrected chi connectivity index (χ3v) is 2.79. The summed E-state index contributed by atoms with van der Waals surface area (Å²) >= 11 is 0. The molecule has 0 aliphatic rings. The van der Waals surface area contributed by atoms with Crippen LogP contribution in [-0.4, -0.2) is 32.5 Å². The summed E-state index contributed by atoms with van der Waals surface area (Å²) in [7, 11) is -3.32. The van der Waals surface area contributed by atoms with Gasteiger partial charge in [0.15, 0.2) is 0 Å². The number of carbonyl (C=O) groups excluding carboxylic acids is 1. The summed E-state index contributed by atoms with van der Waals surface area (Å²) in [4.78, 5) is 9.53. The van der Waals surface area contributed by atoms with Crippen molar-refractivity contribution in [2.24, 2.45) is 11.5 Å². The van der Waals surface area contributed by atoms with Crippen molar-refractivity contribution in [2.45, 2.75) is 13.8 Å². The Hall–Kier alpha value is -0.920. The molecule has 0 aliphatic carbocycles. The van der Waals surface area contributed by atoms with Crippen molar-refractivity contribution in [3.63, 3.8) is 0 Å². The summed E-state index contributed by atoms with van der Waals surface area (Å²) < 4.78 is 29.9. The van der Waals surface area contributed by atoms with Crippen molar-refractivity contribution >= 4 is 13.9 Å². The van der Waals surface area contributed by atoms with Gasteiger partial charge in [0.05, 0.1) is 26.1 Å². The highest BCUT2D eigenvalue weighted by Crippen LogP contribution is 2.48. The monoisotopic (exact) mass is 284 g/mol. The van der Waals surface area contributed by atoms with E-state index in [4.69, 9.17) is 19.3 Å². The Labute approximate surface area is 107 Å². The molecule has 0 spiro atoms. The minimum atomic E-state index is -3.32. The van der Waals surface area contributed by atoms with Crippen LogP contribution in [0.1, 0.15) is 13.8 Å². The Bertz CT molecular complexity index is 264. The third-order valence-electron chi connectivity index (χ3n) is 1.14. The first-order chi connectivity index (χ1) is 8.45. The van der Waals surface area contributed by atoms with E-state index in [-0.39, 0.29) is 6.61 Å². The number of nitrogens with two attached hydrogens (primary N) is 2. The molecule has 1 amide bonds. The van der Waals surface area contributed by atoms with Gasteiger partial charge in [-0.1, -0.05) is 6.58 Å². The van der Waals surface area contributed by atoms with Crippen LogP contribution in [0.4, 0.5) is 4.79 Å². The molecule has 108 valence electrons. The van der Waals surface area contributed by atoms with Crippen molar-refractivity contribution in [1.29, 1.82) is 0 Å². The Morgan fingerprint density at radius 2 is 1.78 bits per heavy atom. The first kappa shape index (κ1) is 19.4. The Morgan fingerprint density at radius 1 is 1.28 bits per heavy atom. The average Bonchev–Trinajstić information content (AvgIpc) is 2.28. The zero-order valence-electron chi connectivity index (χ0n) is 10.7. The highest BCUT2D eigenvalue weighted by Gasteiger charge is 2.24. The molecule has 0 bridgehead atoms. The second-order valence-electron chi connectivity index (χ2n) is 2.51. The Morgan fingerprint density at radius 3 is 2.00 bits per heavy atom. The van der Waals surface area contributed by atoms with E-state index in [0.29, 0.717) is 19.8 Å². The molecule has 4 N–H and O–H groups in total. The van der Waals surface area contributed by atoms with Crippen molar-refractivity contribution in [3.8, 4) is 0 Å². The highest BCUT2D eigenvalue weighted by atomic mass is 31.2. The Balaban J connectivity index is 0. The van der Waals surface area contributed by atoms with Crippen LogP contribution >= 0.6 is 7.82 Å². The van der Waals surface area contributed by atoms with Gasteiger partial charge in [-0.2, -0.15) is 0 Å². The molecule has 0 aromatic carbocycles. The predicted molar refractivity (Wildman–Crippen MR) is 66.7 cm³/mol. The first-order valence-electron chi connectivity index (χ1n) is 5.26. The van der Waals surface area contributed by atoms with Crippen molar-refractivity contribution in [2.75, 3.05) is 26.4 Å². The number of amides is 1. The van der Waals surface area contributed by atoms with Crippen molar-refractivity contribution < 1.29 is 27.7 Å². The van der Waals surface area contributed by atoms with Gasteiger partial charge in [0.2, 0.25) is 0 Å². The molecule has 0 aliphatic heterocycles. The van der Waals surface area contributed by atoms with Crippen LogP contribution in [0.15, 0.2) is 12.8 Å². The molecule has 8 nitrogen and oxygen atoms in total. The average molecular weight is 284 g/mol. The smallest absolute Gasteiger partial charge is 0.419 e. The minimum absolute atomic E-state index is 0.178. The van der Waals surface area contributed by atoms with Gasteiger partial charge >= 0.3 is 13.9 Å². The lowest BCUT2D eigenvalue weighted by molar-refractivity contribution is 0.124. The first-order valence-corrected chi connectivity index (χ1v) is 6.72. The SMILES string of the molecule is C=COC(N)=O.CCOP(=O)(OCC)OCCN. The molecular weight excluding hydrogens is 263 g/mol. The van der Waals surface area contributed by atoms with Crippen LogP contribution in [0.2, 0.25) is 0 Å². The zero-order chi connectivity index (χ0) is 14.4. The van der Waals surface area contributed by atoms with Gasteiger partial charge in [-0.15, -0.1) is 0 Å². The molecule has 0 saturated heterocycles. The molecule has 0 aromatic heterocycles. The number of phosphoric acid groups is 1. The quantitative estimate of drug-likeness (QED) is 0.509. The number of primary amides is 1. The number of carbonyl (C=O) groups is 1. The van der Waals surface area contributed by atoms with Crippen LogP contribution < -0.4 is 11.5 Å². The van der Waals surface area contributed by atoms with E-state index in [9.17, 15) is 9.36 Å². The molecule has 0 saturated carbocycles. The van der Waals surface area contributed by atoms with Crippen LogP contribution in [-0.2, 0) is 22.9 Å². The number of phosphoric ester groups is 1. The van der Waals surface area contributed by atoms with E-state index in [0.717, 1.165) is 6.26 Å². The maximum Gasteiger partial charge on any atom is 0.474 e. The van der Waals surface area contributed by atoms with Crippen molar-refractivity contribution in [1.82, 2.24) is 0 Å². The topological polar surface area (TPSA) is 123 Å². The maximum absolute atomic E-state index is 11.4. The van der Waals surface area contributed by atoms with Gasteiger partial charge in [0.1, 0.15) is 0 Å². The van der Waals surface area contributed by atoms with Crippen LogP contribution in [0.5, 0.6) is 0 Å². The normalized spacial score (nSPS) is 10.2. The van der Waals surface area contributed by atoms with Gasteiger partial charge < -0.3 is 16.2 Å². The summed E-state index contributed by atoms with van der Waals surface area (Å²) in [5.41, 5.74) is 9.64. The van der Waals surface area contributed by atoms with Crippen molar-refractivity contribution in [3.05, 3.63) is 12.8 Å². The standard InChI is InChI=1S/C6H16NO4P.C3H5NO2/c1-3-9-12(8,10-4-2)11-6-5-7;1-2-6-3(4)5/h3-7H2,1-2H3;2H,1H2,(H2,4,5). The number of hydrogen-bond donors (Lipinski definition) is 2. The number of hydrogen-bond acceptors (Lipinski definition) is 7. The van der Waals surface area contributed by atoms with Gasteiger partial charge in [-0.05, 0) is 13.8 Å². The molecule has 0 fully saturated rings. The summed E-state index contributed by atoms with van der Waals surface area (Å²) in [6.07, 6.45) is 0.146. The van der Waals surface area contributed by atoms with E-state index < -0.39 is 13.9 Å². The predicted octanol–water partition coefficient (Wildman–Crippen LogP) is 1.37. The molecule has 0 atom stereocenters. The van der Waals surface area contributed by atoms with E-state index in [1.54, 1.807) is 13.8 Å². The fourth-order valence-electron chi connectivity index (χ4n) is 0.675. The molecule has 0 radical (unpaired) electrons. The fourth-order valence-corrected chi connectivity index (χ4v) is 1.86.